The van der Waals surface area contributed by atoms with Crippen molar-refractivity contribution in [1.82, 2.24) is 24.6 Å². The summed E-state index contributed by atoms with van der Waals surface area (Å²) in [6.45, 7) is 0.517. The number of fused-ring (bicyclic) bond motifs is 1. The second-order valence-electron chi connectivity index (χ2n) is 8.17. The number of amides is 1. The van der Waals surface area contributed by atoms with Crippen molar-refractivity contribution in [2.75, 3.05) is 0 Å². The molecule has 0 saturated heterocycles. The van der Waals surface area contributed by atoms with E-state index in [4.69, 9.17) is 4.98 Å². The Kier molecular flexibility index (Phi) is 5.20. The van der Waals surface area contributed by atoms with Gasteiger partial charge in [0.15, 0.2) is 0 Å². The van der Waals surface area contributed by atoms with E-state index in [0.717, 1.165) is 53.5 Å². The van der Waals surface area contributed by atoms with Gasteiger partial charge in [-0.1, -0.05) is 37.1 Å². The van der Waals surface area contributed by atoms with Crippen LogP contribution in [0.2, 0.25) is 0 Å². The number of aryl methyl sites for hydroxylation is 1. The van der Waals surface area contributed by atoms with E-state index in [9.17, 15) is 4.79 Å². The average molecular weight is 412 g/mol. The summed E-state index contributed by atoms with van der Waals surface area (Å²) < 4.78 is 1.75. The van der Waals surface area contributed by atoms with E-state index in [0.29, 0.717) is 12.1 Å². The lowest BCUT2D eigenvalue weighted by Crippen LogP contribution is -2.38. The molecular weight excluding hydrogens is 386 g/mol. The summed E-state index contributed by atoms with van der Waals surface area (Å²) in [5.74, 6) is 0.0429. The summed E-state index contributed by atoms with van der Waals surface area (Å²) in [7, 11) is 1.88. The zero-order valence-electron chi connectivity index (χ0n) is 17.6. The van der Waals surface area contributed by atoms with Crippen LogP contribution in [0.5, 0.6) is 0 Å². The number of aromatic nitrogens is 4. The first-order valence-electron chi connectivity index (χ1n) is 10.8. The first-order chi connectivity index (χ1) is 15.2. The molecule has 1 amide bonds. The van der Waals surface area contributed by atoms with Crippen molar-refractivity contribution in [3.8, 4) is 11.3 Å². The number of hydrogen-bond donors (Lipinski definition) is 0. The van der Waals surface area contributed by atoms with E-state index in [1.54, 1.807) is 17.1 Å². The molecule has 0 aliphatic heterocycles. The summed E-state index contributed by atoms with van der Waals surface area (Å²) >= 11 is 0. The van der Waals surface area contributed by atoms with Crippen LogP contribution in [0.3, 0.4) is 0 Å². The fourth-order valence-electron chi connectivity index (χ4n) is 4.46. The molecule has 0 spiro atoms. The van der Waals surface area contributed by atoms with Gasteiger partial charge in [0, 0.05) is 36.4 Å². The molecule has 3 heterocycles. The molecule has 6 heteroatoms. The van der Waals surface area contributed by atoms with Crippen molar-refractivity contribution < 1.29 is 4.79 Å². The molecule has 0 radical (unpaired) electrons. The standard InChI is InChI=1S/C25H25N5O/c1-29-16-18(15-27-29)24-14-22(21-11-4-5-12-23(21)28-24)25(31)30(20-9-2-3-10-20)17-19-8-6-7-13-26-19/h4-8,11-16,20H,2-3,9-10,17H2,1H3. The van der Waals surface area contributed by atoms with Crippen molar-refractivity contribution in [2.45, 2.75) is 38.3 Å². The number of benzene rings is 1. The topological polar surface area (TPSA) is 63.9 Å². The molecule has 156 valence electrons. The highest BCUT2D eigenvalue weighted by Gasteiger charge is 2.29. The number of nitrogens with zero attached hydrogens (tertiary/aromatic N) is 5. The van der Waals surface area contributed by atoms with Crippen LogP contribution in [-0.4, -0.2) is 36.6 Å². The Morgan fingerprint density at radius 3 is 2.68 bits per heavy atom. The Morgan fingerprint density at radius 2 is 1.94 bits per heavy atom. The maximum Gasteiger partial charge on any atom is 0.255 e. The average Bonchev–Trinajstić information content (AvgIpc) is 3.49. The van der Waals surface area contributed by atoms with Crippen LogP contribution in [0, 0.1) is 0 Å². The molecule has 1 saturated carbocycles. The Bertz CT molecular complexity index is 1210. The fraction of sp³-hybridized carbons (Fsp3) is 0.280. The monoisotopic (exact) mass is 411 g/mol. The summed E-state index contributed by atoms with van der Waals surface area (Å²) in [4.78, 5) is 25.3. The smallest absolute Gasteiger partial charge is 0.255 e. The van der Waals surface area contributed by atoms with Gasteiger partial charge in [-0.05, 0) is 37.1 Å². The third kappa shape index (κ3) is 3.93. The van der Waals surface area contributed by atoms with Gasteiger partial charge in [0.1, 0.15) is 0 Å². The van der Waals surface area contributed by atoms with E-state index in [1.807, 2.05) is 66.7 Å². The highest BCUT2D eigenvalue weighted by atomic mass is 16.2. The van der Waals surface area contributed by atoms with Crippen LogP contribution in [0.4, 0.5) is 0 Å². The van der Waals surface area contributed by atoms with Gasteiger partial charge in [0.2, 0.25) is 0 Å². The highest BCUT2D eigenvalue weighted by Crippen LogP contribution is 2.30. The molecule has 5 rings (SSSR count). The zero-order valence-corrected chi connectivity index (χ0v) is 17.6. The lowest BCUT2D eigenvalue weighted by atomic mass is 10.0. The molecular formula is C25H25N5O. The van der Waals surface area contributed by atoms with Crippen LogP contribution >= 0.6 is 0 Å². The molecule has 31 heavy (non-hydrogen) atoms. The first-order valence-corrected chi connectivity index (χ1v) is 10.8. The molecule has 1 aliphatic rings. The quantitative estimate of drug-likeness (QED) is 0.481. The maximum absolute atomic E-state index is 14.0. The van der Waals surface area contributed by atoms with E-state index in [2.05, 4.69) is 10.1 Å². The third-order valence-electron chi connectivity index (χ3n) is 6.03. The molecule has 4 aromatic rings. The van der Waals surface area contributed by atoms with Gasteiger partial charge >= 0.3 is 0 Å². The van der Waals surface area contributed by atoms with Gasteiger partial charge < -0.3 is 4.90 Å². The Morgan fingerprint density at radius 1 is 1.13 bits per heavy atom. The number of para-hydroxylation sites is 1. The lowest BCUT2D eigenvalue weighted by Gasteiger charge is -2.29. The van der Waals surface area contributed by atoms with Crippen molar-refractivity contribution in [3.05, 3.63) is 78.4 Å². The van der Waals surface area contributed by atoms with Crippen LogP contribution in [0.1, 0.15) is 41.7 Å². The van der Waals surface area contributed by atoms with Crippen LogP contribution in [0.15, 0.2) is 67.1 Å². The molecule has 0 N–H and O–H groups in total. The summed E-state index contributed by atoms with van der Waals surface area (Å²) in [6.07, 6.45) is 9.90. The fourth-order valence-corrected chi connectivity index (χ4v) is 4.46. The minimum atomic E-state index is 0.0429. The molecule has 6 nitrogen and oxygen atoms in total. The molecule has 0 atom stereocenters. The number of carbonyl (C=O) groups excluding carboxylic acids is 1. The Hall–Kier alpha value is -3.54. The van der Waals surface area contributed by atoms with Gasteiger partial charge in [0.05, 0.1) is 35.2 Å². The van der Waals surface area contributed by atoms with Gasteiger partial charge in [-0.25, -0.2) is 4.98 Å². The largest absolute Gasteiger partial charge is 0.330 e. The second kappa shape index (κ2) is 8.30. The summed E-state index contributed by atoms with van der Waals surface area (Å²) in [5, 5.41) is 5.15. The molecule has 0 bridgehead atoms. The van der Waals surface area contributed by atoms with Gasteiger partial charge in [-0.2, -0.15) is 5.10 Å². The SMILES string of the molecule is Cn1cc(-c2cc(C(=O)N(Cc3ccccn3)C3CCCC3)c3ccccc3n2)cn1. The Labute approximate surface area is 181 Å². The predicted octanol–water partition coefficient (Wildman–Crippen LogP) is 4.62. The molecule has 0 unspecified atom stereocenters. The first kappa shape index (κ1) is 19.4. The van der Waals surface area contributed by atoms with Crippen molar-refractivity contribution in [3.63, 3.8) is 0 Å². The molecule has 3 aromatic heterocycles. The predicted molar refractivity (Wildman–Crippen MR) is 120 cm³/mol. The van der Waals surface area contributed by atoms with Gasteiger partial charge in [-0.15, -0.1) is 0 Å². The van der Waals surface area contributed by atoms with Gasteiger partial charge in [0.25, 0.3) is 5.91 Å². The van der Waals surface area contributed by atoms with Gasteiger partial charge in [-0.3, -0.25) is 14.5 Å². The van der Waals surface area contributed by atoms with Crippen LogP contribution in [-0.2, 0) is 13.6 Å². The van der Waals surface area contributed by atoms with E-state index in [1.165, 1.54) is 0 Å². The van der Waals surface area contributed by atoms with Crippen LogP contribution in [0.25, 0.3) is 22.2 Å². The minimum absolute atomic E-state index is 0.0429. The van der Waals surface area contributed by atoms with Crippen LogP contribution < -0.4 is 0 Å². The molecule has 1 aromatic carbocycles. The van der Waals surface area contributed by atoms with E-state index >= 15 is 0 Å². The zero-order chi connectivity index (χ0) is 21.2. The highest BCUT2D eigenvalue weighted by molar-refractivity contribution is 6.07. The number of hydrogen-bond acceptors (Lipinski definition) is 4. The second-order valence-corrected chi connectivity index (χ2v) is 8.17. The van der Waals surface area contributed by atoms with E-state index < -0.39 is 0 Å². The number of rotatable bonds is 5. The van der Waals surface area contributed by atoms with Crippen molar-refractivity contribution in [1.29, 1.82) is 0 Å². The van der Waals surface area contributed by atoms with E-state index in [-0.39, 0.29) is 11.9 Å². The van der Waals surface area contributed by atoms with Crippen molar-refractivity contribution in [2.24, 2.45) is 7.05 Å². The Balaban J connectivity index is 1.60. The lowest BCUT2D eigenvalue weighted by molar-refractivity contribution is 0.0664. The summed E-state index contributed by atoms with van der Waals surface area (Å²) in [6, 6.07) is 15.9. The normalized spacial score (nSPS) is 14.2. The van der Waals surface area contributed by atoms with Crippen molar-refractivity contribution >= 4 is 16.8 Å². The number of carbonyl (C=O) groups is 1. The third-order valence-corrected chi connectivity index (χ3v) is 6.03. The number of pyridine rings is 2. The summed E-state index contributed by atoms with van der Waals surface area (Å²) in [5.41, 5.74) is 4.08. The maximum atomic E-state index is 14.0. The molecule has 1 aliphatic carbocycles. The minimum Gasteiger partial charge on any atom is -0.330 e. The molecule has 1 fully saturated rings.